The van der Waals surface area contributed by atoms with Crippen LogP contribution < -0.4 is 5.73 Å². The Kier molecular flexibility index (Phi) is 5.49. The van der Waals surface area contributed by atoms with Gasteiger partial charge >= 0.3 is 6.18 Å². The molecular weight excluding hydrogens is 219 g/mol. The van der Waals surface area contributed by atoms with Gasteiger partial charge < -0.3 is 5.73 Å². The van der Waals surface area contributed by atoms with E-state index in [-0.39, 0.29) is 5.82 Å². The zero-order valence-electron chi connectivity index (χ0n) is 9.34. The zero-order chi connectivity index (χ0) is 12.8. The van der Waals surface area contributed by atoms with Crippen molar-refractivity contribution in [2.24, 2.45) is 5.73 Å². The van der Waals surface area contributed by atoms with Crippen LogP contribution in [0.5, 0.6) is 0 Å². The largest absolute Gasteiger partial charge is 0.433 e. The molecular formula is C10H14F3N3. The van der Waals surface area contributed by atoms with Gasteiger partial charge in [0.05, 0.1) is 0 Å². The van der Waals surface area contributed by atoms with Crippen LogP contribution in [0.3, 0.4) is 0 Å². The molecule has 0 saturated carbocycles. The summed E-state index contributed by atoms with van der Waals surface area (Å²) in [4.78, 5) is 6.99. The summed E-state index contributed by atoms with van der Waals surface area (Å²) in [5.41, 5.74) is 4.57. The molecule has 0 aliphatic rings. The Morgan fingerprint density at radius 3 is 2.38 bits per heavy atom. The maximum absolute atomic E-state index is 12.2. The van der Waals surface area contributed by atoms with Gasteiger partial charge in [-0.3, -0.25) is 0 Å². The van der Waals surface area contributed by atoms with Crippen LogP contribution in [0.25, 0.3) is 5.57 Å². The summed E-state index contributed by atoms with van der Waals surface area (Å²) in [6.45, 7) is 5.54. The van der Waals surface area contributed by atoms with Crippen molar-refractivity contribution >= 4 is 5.57 Å². The van der Waals surface area contributed by atoms with Crippen molar-refractivity contribution in [2.75, 3.05) is 0 Å². The number of hydrogen-bond acceptors (Lipinski definition) is 3. The van der Waals surface area contributed by atoms with Crippen LogP contribution in [-0.4, -0.2) is 9.97 Å². The van der Waals surface area contributed by atoms with Crippen molar-refractivity contribution < 1.29 is 13.2 Å². The molecule has 16 heavy (non-hydrogen) atoms. The fourth-order valence-corrected chi connectivity index (χ4v) is 0.781. The number of nitrogens with zero attached hydrogens (tertiary/aromatic N) is 2. The molecule has 0 bridgehead atoms. The molecule has 0 aliphatic carbocycles. The highest BCUT2D eigenvalue weighted by Gasteiger charge is 2.32. The predicted molar refractivity (Wildman–Crippen MR) is 56.2 cm³/mol. The lowest BCUT2D eigenvalue weighted by Gasteiger charge is -2.06. The van der Waals surface area contributed by atoms with E-state index in [2.05, 4.69) is 9.97 Å². The van der Waals surface area contributed by atoms with Gasteiger partial charge in [-0.1, -0.05) is 13.8 Å². The van der Waals surface area contributed by atoms with Crippen LogP contribution in [0, 0.1) is 0 Å². The number of halogens is 3. The Morgan fingerprint density at radius 1 is 1.38 bits per heavy atom. The van der Waals surface area contributed by atoms with E-state index in [4.69, 9.17) is 5.73 Å². The quantitative estimate of drug-likeness (QED) is 0.811. The molecule has 0 aliphatic heterocycles. The maximum atomic E-state index is 12.2. The van der Waals surface area contributed by atoms with Gasteiger partial charge in [0.25, 0.3) is 0 Å². The first-order valence-corrected chi connectivity index (χ1v) is 4.74. The van der Waals surface area contributed by atoms with Crippen LogP contribution in [0.4, 0.5) is 13.2 Å². The lowest BCUT2D eigenvalue weighted by molar-refractivity contribution is -0.141. The minimum atomic E-state index is -4.45. The molecule has 0 amide bonds. The summed E-state index contributed by atoms with van der Waals surface area (Å²) in [5, 5.41) is 0. The summed E-state index contributed by atoms with van der Waals surface area (Å²) < 4.78 is 36.6. The Labute approximate surface area is 92.2 Å². The summed E-state index contributed by atoms with van der Waals surface area (Å²) >= 11 is 0. The second kappa shape index (κ2) is 6.09. The van der Waals surface area contributed by atoms with Crippen LogP contribution in [0.2, 0.25) is 0 Å². The van der Waals surface area contributed by atoms with E-state index in [0.29, 0.717) is 5.57 Å². The van der Waals surface area contributed by atoms with Crippen LogP contribution in [0.15, 0.2) is 18.5 Å². The molecule has 0 unspecified atom stereocenters. The SMILES string of the molecule is C/C(=C/N)c1nccc(C(F)(F)F)n1.CC. The molecule has 6 heteroatoms. The first-order chi connectivity index (χ1) is 7.45. The molecule has 1 aromatic rings. The molecule has 0 fully saturated rings. The van der Waals surface area contributed by atoms with Crippen molar-refractivity contribution in [3.8, 4) is 0 Å². The molecule has 0 aromatic carbocycles. The van der Waals surface area contributed by atoms with E-state index in [1.165, 1.54) is 6.92 Å². The summed E-state index contributed by atoms with van der Waals surface area (Å²) in [5.74, 6) is -0.0117. The van der Waals surface area contributed by atoms with Gasteiger partial charge in [0.1, 0.15) is 5.69 Å². The van der Waals surface area contributed by atoms with E-state index in [1.54, 1.807) is 0 Å². The maximum Gasteiger partial charge on any atom is 0.433 e. The van der Waals surface area contributed by atoms with Crippen molar-refractivity contribution in [3.05, 3.63) is 30.0 Å². The third-order valence-electron chi connectivity index (χ3n) is 1.55. The molecule has 0 radical (unpaired) electrons. The average molecular weight is 233 g/mol. The van der Waals surface area contributed by atoms with Crippen molar-refractivity contribution in [1.29, 1.82) is 0 Å². The van der Waals surface area contributed by atoms with Gasteiger partial charge in [-0.2, -0.15) is 13.2 Å². The van der Waals surface area contributed by atoms with Gasteiger partial charge in [-0.25, -0.2) is 9.97 Å². The third kappa shape index (κ3) is 3.88. The molecule has 3 nitrogen and oxygen atoms in total. The standard InChI is InChI=1S/C8H8F3N3.C2H6/c1-5(4-12)7-13-3-2-6(14-7)8(9,10)11;1-2/h2-4H,12H2,1H3;1-2H3/b5-4-;. The molecule has 2 N–H and O–H groups in total. The number of rotatable bonds is 1. The normalized spacial score (nSPS) is 11.8. The number of nitrogens with two attached hydrogens (primary N) is 1. The van der Waals surface area contributed by atoms with Gasteiger partial charge in [-0.05, 0) is 13.0 Å². The molecule has 1 aromatic heterocycles. The van der Waals surface area contributed by atoms with E-state index >= 15 is 0 Å². The minimum absolute atomic E-state index is 0.0117. The lowest BCUT2D eigenvalue weighted by atomic mass is 10.3. The Balaban J connectivity index is 0.00000106. The number of aromatic nitrogens is 2. The van der Waals surface area contributed by atoms with Crippen molar-refractivity contribution in [2.45, 2.75) is 26.9 Å². The monoisotopic (exact) mass is 233 g/mol. The number of allylic oxidation sites excluding steroid dienone is 1. The van der Waals surface area contributed by atoms with Crippen molar-refractivity contribution in [3.63, 3.8) is 0 Å². The predicted octanol–water partition coefficient (Wildman–Crippen LogP) is 2.84. The first-order valence-electron chi connectivity index (χ1n) is 4.74. The van der Waals surface area contributed by atoms with Gasteiger partial charge in [0.15, 0.2) is 5.82 Å². The molecule has 1 rings (SSSR count). The minimum Gasteiger partial charge on any atom is -0.404 e. The highest BCUT2D eigenvalue weighted by atomic mass is 19.4. The average Bonchev–Trinajstić information content (AvgIpc) is 2.30. The molecule has 0 spiro atoms. The summed E-state index contributed by atoms with van der Waals surface area (Å²) in [7, 11) is 0. The van der Waals surface area contributed by atoms with Crippen LogP contribution >= 0.6 is 0 Å². The van der Waals surface area contributed by atoms with E-state index < -0.39 is 11.9 Å². The van der Waals surface area contributed by atoms with Gasteiger partial charge in [0.2, 0.25) is 0 Å². The fourth-order valence-electron chi connectivity index (χ4n) is 0.781. The Hall–Kier alpha value is -1.59. The number of alkyl halides is 3. The van der Waals surface area contributed by atoms with Crippen LogP contribution in [0.1, 0.15) is 32.3 Å². The van der Waals surface area contributed by atoms with Gasteiger partial charge in [0, 0.05) is 18.0 Å². The van der Waals surface area contributed by atoms with E-state index in [1.807, 2.05) is 13.8 Å². The fraction of sp³-hybridized carbons (Fsp3) is 0.400. The number of hydrogen-bond donors (Lipinski definition) is 1. The van der Waals surface area contributed by atoms with E-state index in [0.717, 1.165) is 18.5 Å². The Morgan fingerprint density at radius 2 is 1.94 bits per heavy atom. The Bertz CT molecular complexity index is 359. The molecule has 90 valence electrons. The summed E-state index contributed by atoms with van der Waals surface area (Å²) in [6, 6.07) is 0.813. The second-order valence-corrected chi connectivity index (χ2v) is 2.61. The van der Waals surface area contributed by atoms with Crippen LogP contribution in [-0.2, 0) is 6.18 Å². The molecule has 1 heterocycles. The molecule has 0 saturated heterocycles. The highest BCUT2D eigenvalue weighted by molar-refractivity contribution is 5.56. The van der Waals surface area contributed by atoms with E-state index in [9.17, 15) is 13.2 Å². The summed E-state index contributed by atoms with van der Waals surface area (Å²) in [6.07, 6.45) is -2.24. The topological polar surface area (TPSA) is 51.8 Å². The highest BCUT2D eigenvalue weighted by Crippen LogP contribution is 2.27. The lowest BCUT2D eigenvalue weighted by Crippen LogP contribution is -2.10. The smallest absolute Gasteiger partial charge is 0.404 e. The van der Waals surface area contributed by atoms with Gasteiger partial charge in [-0.15, -0.1) is 0 Å². The first kappa shape index (κ1) is 14.4. The zero-order valence-corrected chi connectivity index (χ0v) is 9.34. The van der Waals surface area contributed by atoms with Crippen molar-refractivity contribution in [1.82, 2.24) is 9.97 Å². The third-order valence-corrected chi connectivity index (χ3v) is 1.55. The molecule has 0 atom stereocenters. The second-order valence-electron chi connectivity index (χ2n) is 2.61.